The van der Waals surface area contributed by atoms with E-state index < -0.39 is 11.3 Å². The lowest BCUT2D eigenvalue weighted by atomic mass is 9.73. The third kappa shape index (κ3) is 1.13. The monoisotopic (exact) mass is 226 g/mol. The molecule has 5 heteroatoms. The average molecular weight is 226 g/mol. The quantitative estimate of drug-likeness (QED) is 0.640. The fourth-order valence-electron chi connectivity index (χ4n) is 2.84. The molecule has 1 N–H and O–H groups in total. The van der Waals surface area contributed by atoms with Crippen LogP contribution >= 0.6 is 0 Å². The van der Waals surface area contributed by atoms with Crippen molar-refractivity contribution in [1.29, 1.82) is 0 Å². The van der Waals surface area contributed by atoms with Crippen LogP contribution in [0.4, 0.5) is 0 Å². The third-order valence-electron chi connectivity index (χ3n) is 4.22. The van der Waals surface area contributed by atoms with Crippen molar-refractivity contribution < 1.29 is 9.87 Å². The van der Waals surface area contributed by atoms with Crippen LogP contribution in [0.1, 0.15) is 46.5 Å². The number of fused-ring (bicyclic) bond motifs is 1. The number of allylic oxidation sites excluding steroid dienone is 2. The Kier molecular flexibility index (Phi) is 2.36. The van der Waals surface area contributed by atoms with Gasteiger partial charge in [0.15, 0.2) is 0 Å². The highest BCUT2D eigenvalue weighted by molar-refractivity contribution is 5.17. The highest BCUT2D eigenvalue weighted by Gasteiger charge is 2.65. The first-order valence-corrected chi connectivity index (χ1v) is 5.69. The average Bonchev–Trinajstić information content (AvgIpc) is 2.27. The molecule has 16 heavy (non-hydrogen) atoms. The van der Waals surface area contributed by atoms with Crippen molar-refractivity contribution in [3.05, 3.63) is 21.5 Å². The van der Waals surface area contributed by atoms with Crippen LogP contribution < -0.4 is 0 Å². The van der Waals surface area contributed by atoms with E-state index in [1.54, 1.807) is 20.8 Å². The van der Waals surface area contributed by atoms with E-state index in [9.17, 15) is 15.2 Å². The van der Waals surface area contributed by atoms with Gasteiger partial charge in [0.2, 0.25) is 0 Å². The molecule has 1 saturated carbocycles. The van der Waals surface area contributed by atoms with Crippen LogP contribution in [0.2, 0.25) is 0 Å². The second kappa shape index (κ2) is 3.28. The zero-order chi connectivity index (χ0) is 12.1. The van der Waals surface area contributed by atoms with E-state index in [-0.39, 0.29) is 0 Å². The molecule has 1 fully saturated rings. The Morgan fingerprint density at radius 1 is 1.38 bits per heavy atom. The number of aliphatic hydroxyl groups is 1. The summed E-state index contributed by atoms with van der Waals surface area (Å²) >= 11 is 0. The molecular formula is C11H18N2O3. The fraction of sp³-hybridized carbons (Fsp3) is 0.818. The molecule has 0 saturated heterocycles. The molecule has 1 heterocycles. The Morgan fingerprint density at radius 2 is 1.94 bits per heavy atom. The summed E-state index contributed by atoms with van der Waals surface area (Å²) in [5.74, 6) is 0. The number of nitroso groups, excluding NO2 is 1. The topological polar surface area (TPSA) is 66.6 Å². The van der Waals surface area contributed by atoms with Gasteiger partial charge in [-0.05, 0) is 26.7 Å². The van der Waals surface area contributed by atoms with Crippen molar-refractivity contribution in [2.75, 3.05) is 0 Å². The van der Waals surface area contributed by atoms with Gasteiger partial charge in [-0.15, -0.1) is 0 Å². The van der Waals surface area contributed by atoms with Gasteiger partial charge in [-0.3, -0.25) is 0 Å². The van der Waals surface area contributed by atoms with Crippen LogP contribution in [0.15, 0.2) is 11.4 Å². The number of hydroxylamine groups is 2. The molecule has 1 aliphatic heterocycles. The maximum Gasteiger partial charge on any atom is 0.340 e. The smallest absolute Gasteiger partial charge is 0.340 e. The zero-order valence-corrected chi connectivity index (χ0v) is 9.99. The minimum Gasteiger partial charge on any atom is -0.758 e. The first-order chi connectivity index (χ1) is 7.34. The van der Waals surface area contributed by atoms with E-state index in [1.807, 2.05) is 0 Å². The molecule has 0 unspecified atom stereocenters. The van der Waals surface area contributed by atoms with Gasteiger partial charge in [0.05, 0.1) is 10.5 Å². The first-order valence-electron chi connectivity index (χ1n) is 5.69. The van der Waals surface area contributed by atoms with Crippen LogP contribution in [0, 0.1) is 10.1 Å². The summed E-state index contributed by atoms with van der Waals surface area (Å²) in [5, 5.41) is 23.5. The van der Waals surface area contributed by atoms with Crippen LogP contribution in [0.5, 0.6) is 0 Å². The number of nitrogens with zero attached hydrogens (tertiary/aromatic N) is 2. The number of hydrogen-bond donors (Lipinski definition) is 1. The van der Waals surface area contributed by atoms with Gasteiger partial charge in [0, 0.05) is 18.3 Å². The predicted octanol–water partition coefficient (Wildman–Crippen LogP) is 1.85. The Labute approximate surface area is 94.9 Å². The maximum absolute atomic E-state index is 12.2. The summed E-state index contributed by atoms with van der Waals surface area (Å²) in [6.45, 7) is 4.89. The molecule has 0 amide bonds. The molecule has 0 radical (unpaired) electrons. The van der Waals surface area contributed by atoms with Crippen LogP contribution in [-0.4, -0.2) is 26.2 Å². The molecule has 2 atom stereocenters. The summed E-state index contributed by atoms with van der Waals surface area (Å²) in [5.41, 5.74) is -1.87. The zero-order valence-electron chi connectivity index (χ0n) is 9.99. The highest BCUT2D eigenvalue weighted by Crippen LogP contribution is 2.47. The van der Waals surface area contributed by atoms with Gasteiger partial charge in [-0.1, -0.05) is 6.42 Å². The summed E-state index contributed by atoms with van der Waals surface area (Å²) in [6, 6.07) is 0. The van der Waals surface area contributed by atoms with E-state index in [1.165, 1.54) is 0 Å². The maximum atomic E-state index is 12.2. The van der Waals surface area contributed by atoms with Crippen LogP contribution in [0.3, 0.4) is 0 Å². The van der Waals surface area contributed by atoms with Crippen molar-refractivity contribution in [1.82, 2.24) is 5.06 Å². The molecule has 2 aliphatic rings. The van der Waals surface area contributed by atoms with Crippen molar-refractivity contribution in [2.24, 2.45) is 0 Å². The first kappa shape index (κ1) is 11.5. The molecule has 0 spiro atoms. The van der Waals surface area contributed by atoms with E-state index >= 15 is 0 Å². The SMILES string of the molecule is CC1=C(C)[N+](=O)[C@@]2(O)CCCC[C@]2(C)N1[O-]. The van der Waals surface area contributed by atoms with Crippen LogP contribution in [-0.2, 0) is 0 Å². The van der Waals surface area contributed by atoms with Gasteiger partial charge in [0.25, 0.3) is 5.70 Å². The van der Waals surface area contributed by atoms with Gasteiger partial charge >= 0.3 is 5.72 Å². The van der Waals surface area contributed by atoms with Gasteiger partial charge in [-0.2, -0.15) is 0 Å². The minimum atomic E-state index is -1.57. The largest absolute Gasteiger partial charge is 0.758 e. The lowest BCUT2D eigenvalue weighted by Gasteiger charge is -2.55. The Balaban J connectivity index is 2.59. The fourth-order valence-corrected chi connectivity index (χ4v) is 2.84. The molecule has 0 aromatic rings. The Hall–Kier alpha value is -0.940. The summed E-state index contributed by atoms with van der Waals surface area (Å²) in [7, 11) is 0. The number of hydrogen-bond acceptors (Lipinski definition) is 4. The second-order valence-electron chi connectivity index (χ2n) is 5.06. The second-order valence-corrected chi connectivity index (χ2v) is 5.06. The van der Waals surface area contributed by atoms with E-state index in [0.29, 0.717) is 29.0 Å². The summed E-state index contributed by atoms with van der Waals surface area (Å²) in [4.78, 5) is 12.1. The molecule has 2 rings (SSSR count). The third-order valence-corrected chi connectivity index (χ3v) is 4.22. The minimum absolute atomic E-state index is 0.317. The van der Waals surface area contributed by atoms with Crippen molar-refractivity contribution in [3.63, 3.8) is 0 Å². The standard InChI is InChI=1S/C11H18N2O3/c1-8-9(2)13(16)11(14)7-5-4-6-10(11,3)12(8)15/h14H,4-7H2,1-3H3/t10-,11+/m0/s1. The summed E-state index contributed by atoms with van der Waals surface area (Å²) < 4.78 is 0.635. The Bertz CT molecular complexity index is 379. The predicted molar refractivity (Wildman–Crippen MR) is 59.0 cm³/mol. The molecule has 90 valence electrons. The van der Waals surface area contributed by atoms with E-state index in [4.69, 9.17) is 0 Å². The van der Waals surface area contributed by atoms with Gasteiger partial charge in [0.1, 0.15) is 5.54 Å². The van der Waals surface area contributed by atoms with Crippen LogP contribution in [0.25, 0.3) is 0 Å². The van der Waals surface area contributed by atoms with Crippen molar-refractivity contribution in [2.45, 2.75) is 57.7 Å². The molecule has 0 bridgehead atoms. The van der Waals surface area contributed by atoms with Gasteiger partial charge in [-0.25, -0.2) is 0 Å². The van der Waals surface area contributed by atoms with Crippen molar-refractivity contribution >= 4 is 0 Å². The molecule has 0 aromatic heterocycles. The number of rotatable bonds is 0. The van der Waals surface area contributed by atoms with Gasteiger partial charge < -0.3 is 15.4 Å². The molecule has 0 aromatic carbocycles. The highest BCUT2D eigenvalue weighted by atomic mass is 16.5. The molecular weight excluding hydrogens is 208 g/mol. The summed E-state index contributed by atoms with van der Waals surface area (Å²) in [6.07, 6.45) is 2.56. The van der Waals surface area contributed by atoms with E-state index in [2.05, 4.69) is 0 Å². The molecule has 5 nitrogen and oxygen atoms in total. The Morgan fingerprint density at radius 3 is 2.56 bits per heavy atom. The molecule has 1 aliphatic carbocycles. The lowest BCUT2D eigenvalue weighted by Crippen LogP contribution is -2.69. The van der Waals surface area contributed by atoms with Crippen molar-refractivity contribution in [3.8, 4) is 0 Å². The lowest BCUT2D eigenvalue weighted by molar-refractivity contribution is -0.667. The normalized spacial score (nSPS) is 40.1. The van der Waals surface area contributed by atoms with E-state index in [0.717, 1.165) is 17.9 Å².